The van der Waals surface area contributed by atoms with E-state index in [4.69, 9.17) is 9.47 Å². The van der Waals surface area contributed by atoms with Crippen molar-refractivity contribution in [2.75, 3.05) is 39.4 Å². The molecule has 4 rings (SSSR count). The fraction of sp³-hybridized carbons (Fsp3) is 0.762. The van der Waals surface area contributed by atoms with Gasteiger partial charge >= 0.3 is 0 Å². The number of hydrogen-bond acceptors (Lipinski definition) is 6. The molecule has 1 aromatic heterocycles. The largest absolute Gasteiger partial charge is 0.475 e. The van der Waals surface area contributed by atoms with Crippen LogP contribution in [0.15, 0.2) is 23.2 Å². The van der Waals surface area contributed by atoms with Crippen LogP contribution in [0.5, 0.6) is 5.88 Å². The van der Waals surface area contributed by atoms with Gasteiger partial charge in [0.25, 0.3) is 0 Å². The van der Waals surface area contributed by atoms with Crippen molar-refractivity contribution in [3.63, 3.8) is 0 Å². The minimum absolute atomic E-state index is 0.0101. The zero-order valence-corrected chi connectivity index (χ0v) is 18.4. The van der Waals surface area contributed by atoms with Crippen molar-refractivity contribution in [2.45, 2.75) is 63.0 Å². The molecule has 0 amide bonds. The van der Waals surface area contributed by atoms with E-state index in [1.165, 1.54) is 25.5 Å². The van der Waals surface area contributed by atoms with Crippen LogP contribution in [0.4, 0.5) is 0 Å². The Morgan fingerprint density at radius 2 is 1.86 bits per heavy atom. The predicted molar refractivity (Wildman–Crippen MR) is 110 cm³/mol. The number of ether oxygens (including phenoxy) is 2. The van der Waals surface area contributed by atoms with Gasteiger partial charge in [0.15, 0.2) is 0 Å². The third-order valence-corrected chi connectivity index (χ3v) is 8.61. The fourth-order valence-electron chi connectivity index (χ4n) is 5.07. The predicted octanol–water partition coefficient (Wildman–Crippen LogP) is 2.52. The minimum atomic E-state index is -3.50. The van der Waals surface area contributed by atoms with Gasteiger partial charge in [0, 0.05) is 38.3 Å². The van der Waals surface area contributed by atoms with Gasteiger partial charge in [-0.05, 0) is 57.4 Å². The van der Waals surface area contributed by atoms with E-state index in [2.05, 4.69) is 9.88 Å². The number of nitrogens with zero attached hydrogens (tertiary/aromatic N) is 3. The highest BCUT2D eigenvalue weighted by Gasteiger charge is 2.45. The maximum Gasteiger partial charge on any atom is 0.244 e. The average molecular weight is 424 g/mol. The first-order valence-corrected chi connectivity index (χ1v) is 12.3. The lowest BCUT2D eigenvalue weighted by Gasteiger charge is -2.40. The van der Waals surface area contributed by atoms with Gasteiger partial charge in [-0.15, -0.1) is 0 Å². The number of aromatic nitrogens is 1. The SMILES string of the molecule is CC(C)Oc1ccc(S(=O)(=O)N2CCC3(CCC(N4CCOCC4)C3)CC2)cn1. The van der Waals surface area contributed by atoms with E-state index in [-0.39, 0.29) is 11.0 Å². The highest BCUT2D eigenvalue weighted by atomic mass is 32.2. The van der Waals surface area contributed by atoms with Crippen LogP contribution in [-0.4, -0.2) is 74.1 Å². The van der Waals surface area contributed by atoms with E-state index in [1.807, 2.05) is 13.8 Å². The number of sulfonamides is 1. The van der Waals surface area contributed by atoms with Crippen LogP contribution in [0, 0.1) is 5.41 Å². The molecule has 2 aliphatic heterocycles. The minimum Gasteiger partial charge on any atom is -0.475 e. The molecule has 3 fully saturated rings. The highest BCUT2D eigenvalue weighted by Crippen LogP contribution is 2.48. The second-order valence-electron chi connectivity index (χ2n) is 8.95. The Balaban J connectivity index is 1.36. The van der Waals surface area contributed by atoms with Gasteiger partial charge in [-0.2, -0.15) is 4.31 Å². The second-order valence-corrected chi connectivity index (χ2v) is 10.9. The summed E-state index contributed by atoms with van der Waals surface area (Å²) in [6.45, 7) is 8.78. The lowest BCUT2D eigenvalue weighted by Crippen LogP contribution is -2.45. The van der Waals surface area contributed by atoms with Crippen molar-refractivity contribution >= 4 is 10.0 Å². The summed E-state index contributed by atoms with van der Waals surface area (Å²) in [5.74, 6) is 0.455. The molecule has 29 heavy (non-hydrogen) atoms. The molecular weight excluding hydrogens is 390 g/mol. The molecule has 1 unspecified atom stereocenters. The molecular formula is C21H33N3O4S. The van der Waals surface area contributed by atoms with E-state index in [0.29, 0.717) is 30.4 Å². The Morgan fingerprint density at radius 3 is 2.48 bits per heavy atom. The van der Waals surface area contributed by atoms with Crippen molar-refractivity contribution in [1.82, 2.24) is 14.2 Å². The molecule has 0 aromatic carbocycles. The molecule has 3 aliphatic rings. The molecule has 0 N–H and O–H groups in total. The Hall–Kier alpha value is -1.22. The van der Waals surface area contributed by atoms with Gasteiger partial charge in [0.05, 0.1) is 25.5 Å². The average Bonchev–Trinajstić information content (AvgIpc) is 3.12. The summed E-state index contributed by atoms with van der Waals surface area (Å²) in [5.41, 5.74) is 0.308. The zero-order chi connectivity index (χ0) is 20.5. The standard InChI is InChI=1S/C21H33N3O4S/c1-17(2)28-20-4-3-19(16-22-20)29(25,26)24-9-7-21(8-10-24)6-5-18(15-21)23-11-13-27-14-12-23/h3-4,16-18H,5-15H2,1-2H3. The Morgan fingerprint density at radius 1 is 1.14 bits per heavy atom. The first-order chi connectivity index (χ1) is 13.9. The van der Waals surface area contributed by atoms with Crippen LogP contribution in [0.2, 0.25) is 0 Å². The van der Waals surface area contributed by atoms with Crippen LogP contribution >= 0.6 is 0 Å². The van der Waals surface area contributed by atoms with E-state index in [0.717, 1.165) is 39.1 Å². The Bertz CT molecular complexity index is 783. The molecule has 8 heteroatoms. The van der Waals surface area contributed by atoms with E-state index >= 15 is 0 Å². The maximum atomic E-state index is 13.1. The van der Waals surface area contributed by atoms with E-state index in [9.17, 15) is 8.42 Å². The molecule has 7 nitrogen and oxygen atoms in total. The third-order valence-electron chi connectivity index (χ3n) is 6.73. The molecule has 1 aliphatic carbocycles. The zero-order valence-electron chi connectivity index (χ0n) is 17.5. The molecule has 1 atom stereocenters. The number of piperidine rings is 1. The van der Waals surface area contributed by atoms with Crippen molar-refractivity contribution in [3.8, 4) is 5.88 Å². The number of rotatable bonds is 5. The normalized spacial score (nSPS) is 26.2. The summed E-state index contributed by atoms with van der Waals surface area (Å²) in [6.07, 6.45) is 6.98. The van der Waals surface area contributed by atoms with Gasteiger partial charge in [-0.3, -0.25) is 4.90 Å². The lowest BCUT2D eigenvalue weighted by atomic mass is 9.77. The second kappa shape index (κ2) is 8.49. The molecule has 1 saturated carbocycles. The summed E-state index contributed by atoms with van der Waals surface area (Å²) in [6, 6.07) is 3.89. The number of hydrogen-bond donors (Lipinski definition) is 0. The van der Waals surface area contributed by atoms with Gasteiger partial charge in [0.2, 0.25) is 15.9 Å². The number of morpholine rings is 1. The fourth-order valence-corrected chi connectivity index (χ4v) is 6.45. The maximum absolute atomic E-state index is 13.1. The summed E-state index contributed by atoms with van der Waals surface area (Å²) < 4.78 is 38.8. The van der Waals surface area contributed by atoms with Crippen molar-refractivity contribution in [3.05, 3.63) is 18.3 Å². The van der Waals surface area contributed by atoms with Gasteiger partial charge in [0.1, 0.15) is 4.90 Å². The summed E-state index contributed by atoms with van der Waals surface area (Å²) in [5, 5.41) is 0. The quantitative estimate of drug-likeness (QED) is 0.725. The van der Waals surface area contributed by atoms with E-state index < -0.39 is 10.0 Å². The van der Waals surface area contributed by atoms with Crippen molar-refractivity contribution in [1.29, 1.82) is 0 Å². The topological polar surface area (TPSA) is 72.0 Å². The van der Waals surface area contributed by atoms with Gasteiger partial charge in [-0.1, -0.05) is 0 Å². The van der Waals surface area contributed by atoms with Crippen molar-refractivity contribution in [2.24, 2.45) is 5.41 Å². The highest BCUT2D eigenvalue weighted by molar-refractivity contribution is 7.89. The summed E-state index contributed by atoms with van der Waals surface area (Å²) in [7, 11) is -3.50. The lowest BCUT2D eigenvalue weighted by molar-refractivity contribution is 0.0137. The molecule has 162 valence electrons. The monoisotopic (exact) mass is 423 g/mol. The summed E-state index contributed by atoms with van der Waals surface area (Å²) in [4.78, 5) is 7.00. The van der Waals surface area contributed by atoms with Crippen LogP contribution in [-0.2, 0) is 14.8 Å². The molecule has 1 spiro atoms. The Labute approximate surface area is 174 Å². The van der Waals surface area contributed by atoms with Crippen LogP contribution in [0.1, 0.15) is 46.0 Å². The van der Waals surface area contributed by atoms with Crippen molar-refractivity contribution < 1.29 is 17.9 Å². The summed E-state index contributed by atoms with van der Waals surface area (Å²) >= 11 is 0. The smallest absolute Gasteiger partial charge is 0.244 e. The Kier molecular flexibility index (Phi) is 6.16. The molecule has 0 radical (unpaired) electrons. The number of pyridine rings is 1. The van der Waals surface area contributed by atoms with Gasteiger partial charge < -0.3 is 9.47 Å². The van der Waals surface area contributed by atoms with E-state index in [1.54, 1.807) is 16.4 Å². The third kappa shape index (κ3) is 4.60. The first-order valence-electron chi connectivity index (χ1n) is 10.8. The molecule has 1 aromatic rings. The van der Waals surface area contributed by atoms with Gasteiger partial charge in [-0.25, -0.2) is 13.4 Å². The molecule has 2 saturated heterocycles. The van der Waals surface area contributed by atoms with Crippen LogP contribution in [0.3, 0.4) is 0 Å². The van der Waals surface area contributed by atoms with Crippen LogP contribution < -0.4 is 4.74 Å². The molecule has 0 bridgehead atoms. The molecule has 3 heterocycles. The van der Waals surface area contributed by atoms with Crippen LogP contribution in [0.25, 0.3) is 0 Å². The first kappa shape index (κ1) is 21.0.